The topological polar surface area (TPSA) is 49.8 Å². The molecule has 0 unspecified atom stereocenters. The van der Waals surface area contributed by atoms with Crippen LogP contribution < -0.4 is 10.6 Å². The third-order valence-corrected chi connectivity index (χ3v) is 10.2. The van der Waals surface area contributed by atoms with Gasteiger partial charge in [-0.3, -0.25) is 9.97 Å². The molecule has 7 rings (SSSR count). The molecule has 2 atom stereocenters. The summed E-state index contributed by atoms with van der Waals surface area (Å²) in [5, 5.41) is 11.5. The van der Waals surface area contributed by atoms with Gasteiger partial charge in [-0.15, -0.1) is 0 Å². The summed E-state index contributed by atoms with van der Waals surface area (Å²) < 4.78 is 0. The molecule has 0 spiro atoms. The van der Waals surface area contributed by atoms with E-state index in [4.69, 9.17) is 33.2 Å². The van der Waals surface area contributed by atoms with Crippen LogP contribution in [0.1, 0.15) is 86.7 Å². The van der Waals surface area contributed by atoms with Crippen molar-refractivity contribution in [2.24, 2.45) is 5.92 Å². The number of aromatic nitrogens is 2. The van der Waals surface area contributed by atoms with Crippen LogP contribution in [0.3, 0.4) is 0 Å². The van der Waals surface area contributed by atoms with Crippen molar-refractivity contribution in [1.82, 2.24) is 9.97 Å². The fourth-order valence-corrected chi connectivity index (χ4v) is 8.11. The summed E-state index contributed by atoms with van der Waals surface area (Å²) in [4.78, 5) is 10.1. The molecule has 0 radical (unpaired) electrons. The minimum Gasteiger partial charge on any atom is -0.384 e. The van der Waals surface area contributed by atoms with Crippen LogP contribution in [0.25, 0.3) is 21.8 Å². The molecule has 0 amide bonds. The predicted molar refractivity (Wildman–Crippen MR) is 188 cm³/mol. The Morgan fingerprint density at radius 2 is 1.43 bits per heavy atom. The Labute approximate surface area is 271 Å². The van der Waals surface area contributed by atoms with Crippen LogP contribution in [0.15, 0.2) is 60.2 Å². The lowest BCUT2D eigenvalue weighted by atomic mass is 9.71. The summed E-state index contributed by atoms with van der Waals surface area (Å²) in [7, 11) is 0. The first kappa shape index (κ1) is 29.6. The number of fused-ring (bicyclic) bond motifs is 7. The SMILES string of the molecule is CC1=C[C@@H]2Cc3nc4cc(Cl)ccc4c(NCCC/C=C/CCCNc4c5c(nc6cc(Cl)ccc46)CCCC5)c3[C@H](C1)C2. The lowest BCUT2D eigenvalue weighted by molar-refractivity contribution is 0.433. The van der Waals surface area contributed by atoms with Crippen LogP contribution >= 0.6 is 23.2 Å². The van der Waals surface area contributed by atoms with E-state index >= 15 is 0 Å². The standard InChI is InChI=1S/C38H42Cl2N4/c1-24-18-25-20-26(19-24)36-35(21-25)44-34-23-28(40)13-15-31(34)38(36)42-17-9-5-3-2-4-8-16-41-37-29-10-6-7-11-32(29)43-33-22-27(39)12-14-30(33)37/h2-3,12-15,18,22-23,25-26H,4-11,16-17,19-21H2,1H3,(H,41,43)(H,42,44)/b3-2+/t25-,26+/m0/s1. The Bertz CT molecular complexity index is 1760. The number of aryl methyl sites for hydroxylation is 1. The molecular weight excluding hydrogens is 583 g/mol. The zero-order valence-corrected chi connectivity index (χ0v) is 27.2. The molecule has 0 fully saturated rings. The van der Waals surface area contributed by atoms with E-state index in [0.29, 0.717) is 11.8 Å². The molecule has 228 valence electrons. The second kappa shape index (κ2) is 13.1. The van der Waals surface area contributed by atoms with E-state index in [-0.39, 0.29) is 0 Å². The Morgan fingerprint density at radius 1 is 0.795 bits per heavy atom. The van der Waals surface area contributed by atoms with Gasteiger partial charge in [0.25, 0.3) is 0 Å². The van der Waals surface area contributed by atoms with Gasteiger partial charge in [0.2, 0.25) is 0 Å². The average molecular weight is 626 g/mol. The maximum Gasteiger partial charge on any atom is 0.0741 e. The summed E-state index contributed by atoms with van der Waals surface area (Å²) in [5.74, 6) is 1.18. The summed E-state index contributed by atoms with van der Waals surface area (Å²) in [6.07, 6.45) is 19.6. The van der Waals surface area contributed by atoms with E-state index in [1.54, 1.807) is 0 Å². The van der Waals surface area contributed by atoms with Crippen molar-refractivity contribution >= 4 is 56.4 Å². The van der Waals surface area contributed by atoms with Crippen molar-refractivity contribution in [3.8, 4) is 0 Å². The Morgan fingerprint density at radius 3 is 2.16 bits per heavy atom. The quantitative estimate of drug-likeness (QED) is 0.136. The number of pyridine rings is 2. The van der Waals surface area contributed by atoms with Gasteiger partial charge in [0.05, 0.1) is 11.0 Å². The normalized spacial score (nSPS) is 19.2. The molecule has 0 aliphatic heterocycles. The monoisotopic (exact) mass is 624 g/mol. The van der Waals surface area contributed by atoms with Gasteiger partial charge in [0, 0.05) is 62.2 Å². The lowest BCUT2D eigenvalue weighted by Gasteiger charge is -2.36. The minimum absolute atomic E-state index is 0.561. The first-order valence-corrected chi connectivity index (χ1v) is 17.3. The van der Waals surface area contributed by atoms with E-state index in [1.165, 1.54) is 69.5 Å². The van der Waals surface area contributed by atoms with Gasteiger partial charge in [-0.05, 0) is 131 Å². The number of benzene rings is 2. The molecule has 4 nitrogen and oxygen atoms in total. The fourth-order valence-electron chi connectivity index (χ4n) is 7.78. The number of hydrogen-bond acceptors (Lipinski definition) is 4. The highest BCUT2D eigenvalue weighted by Crippen LogP contribution is 2.47. The first-order valence-electron chi connectivity index (χ1n) is 16.6. The van der Waals surface area contributed by atoms with Gasteiger partial charge in [-0.1, -0.05) is 47.0 Å². The predicted octanol–water partition coefficient (Wildman–Crippen LogP) is 10.6. The molecule has 3 aliphatic rings. The van der Waals surface area contributed by atoms with Gasteiger partial charge in [0.15, 0.2) is 0 Å². The lowest BCUT2D eigenvalue weighted by Crippen LogP contribution is -2.24. The van der Waals surface area contributed by atoms with E-state index in [1.807, 2.05) is 24.3 Å². The highest BCUT2D eigenvalue weighted by atomic mass is 35.5. The number of hydrogen-bond donors (Lipinski definition) is 2. The number of unbranched alkanes of at least 4 members (excludes halogenated alkanes) is 2. The molecule has 2 bridgehead atoms. The summed E-state index contributed by atoms with van der Waals surface area (Å²) >= 11 is 12.7. The molecule has 0 saturated carbocycles. The molecule has 4 aromatic rings. The maximum absolute atomic E-state index is 6.38. The highest BCUT2D eigenvalue weighted by Gasteiger charge is 2.33. The second-order valence-corrected chi connectivity index (χ2v) is 13.9. The number of halogens is 2. The molecule has 2 heterocycles. The molecule has 3 aliphatic carbocycles. The number of nitrogens with zero attached hydrogens (tertiary/aromatic N) is 2. The van der Waals surface area contributed by atoms with Gasteiger partial charge in [0.1, 0.15) is 0 Å². The van der Waals surface area contributed by atoms with Crippen molar-refractivity contribution in [3.05, 3.63) is 92.8 Å². The molecular formula is C38H42Cl2N4. The number of anilines is 2. The molecule has 6 heteroatoms. The molecule has 0 saturated heterocycles. The van der Waals surface area contributed by atoms with Crippen LogP contribution in [-0.4, -0.2) is 23.1 Å². The van der Waals surface area contributed by atoms with Crippen molar-refractivity contribution in [2.75, 3.05) is 23.7 Å². The maximum atomic E-state index is 6.38. The largest absolute Gasteiger partial charge is 0.384 e. The van der Waals surface area contributed by atoms with E-state index in [0.717, 1.165) is 85.5 Å². The number of nitrogens with one attached hydrogen (secondary N) is 2. The van der Waals surface area contributed by atoms with Crippen LogP contribution in [-0.2, 0) is 19.3 Å². The molecule has 44 heavy (non-hydrogen) atoms. The van der Waals surface area contributed by atoms with Crippen molar-refractivity contribution < 1.29 is 0 Å². The van der Waals surface area contributed by atoms with Gasteiger partial charge in [-0.2, -0.15) is 0 Å². The van der Waals surface area contributed by atoms with E-state index < -0.39 is 0 Å². The number of allylic oxidation sites excluding steroid dienone is 4. The third-order valence-electron chi connectivity index (χ3n) is 9.69. The molecule has 2 N–H and O–H groups in total. The van der Waals surface area contributed by atoms with Crippen molar-refractivity contribution in [1.29, 1.82) is 0 Å². The Hall–Kier alpha value is -3.08. The van der Waals surface area contributed by atoms with Gasteiger partial charge >= 0.3 is 0 Å². The molecule has 2 aromatic carbocycles. The fraction of sp³-hybridized carbons (Fsp3) is 0.421. The van der Waals surface area contributed by atoms with E-state index in [2.05, 4.69) is 47.9 Å². The average Bonchev–Trinajstić information content (AvgIpc) is 3.00. The molecule has 2 aromatic heterocycles. The van der Waals surface area contributed by atoms with Crippen molar-refractivity contribution in [3.63, 3.8) is 0 Å². The summed E-state index contributed by atoms with van der Waals surface area (Å²) in [5.41, 5.74) is 11.5. The summed E-state index contributed by atoms with van der Waals surface area (Å²) in [6, 6.07) is 12.3. The zero-order chi connectivity index (χ0) is 30.0. The number of rotatable bonds is 10. The zero-order valence-electron chi connectivity index (χ0n) is 25.7. The minimum atomic E-state index is 0.561. The first-order chi connectivity index (χ1) is 21.5. The Balaban J connectivity index is 0.934. The van der Waals surface area contributed by atoms with Gasteiger partial charge in [-0.25, -0.2) is 0 Å². The van der Waals surface area contributed by atoms with Crippen LogP contribution in [0.5, 0.6) is 0 Å². The van der Waals surface area contributed by atoms with Crippen LogP contribution in [0, 0.1) is 5.92 Å². The van der Waals surface area contributed by atoms with Crippen molar-refractivity contribution in [2.45, 2.75) is 83.5 Å². The smallest absolute Gasteiger partial charge is 0.0741 e. The van der Waals surface area contributed by atoms with E-state index in [9.17, 15) is 0 Å². The van der Waals surface area contributed by atoms with Gasteiger partial charge < -0.3 is 10.6 Å². The third kappa shape index (κ3) is 6.21. The Kier molecular flexibility index (Phi) is 8.82. The second-order valence-electron chi connectivity index (χ2n) is 13.0. The summed E-state index contributed by atoms with van der Waals surface area (Å²) in [6.45, 7) is 4.20. The highest BCUT2D eigenvalue weighted by molar-refractivity contribution is 6.31. The van der Waals surface area contributed by atoms with Crippen LogP contribution in [0.2, 0.25) is 10.0 Å². The van der Waals surface area contributed by atoms with Crippen LogP contribution in [0.4, 0.5) is 11.4 Å².